The second-order valence-electron chi connectivity index (χ2n) is 7.91. The van der Waals surface area contributed by atoms with Crippen LogP contribution >= 0.6 is 11.8 Å². The molecule has 0 saturated carbocycles. The fourth-order valence-corrected chi connectivity index (χ4v) is 4.79. The zero-order chi connectivity index (χ0) is 22.3. The van der Waals surface area contributed by atoms with E-state index >= 15 is 0 Å². The topological polar surface area (TPSA) is 72.3 Å². The van der Waals surface area contributed by atoms with Crippen molar-refractivity contribution in [3.63, 3.8) is 0 Å². The molecule has 0 radical (unpaired) electrons. The number of carbonyl (C=O) groups is 1. The molecule has 32 heavy (non-hydrogen) atoms. The van der Waals surface area contributed by atoms with E-state index in [0.717, 1.165) is 30.1 Å². The van der Waals surface area contributed by atoms with Gasteiger partial charge in [0, 0.05) is 17.8 Å². The highest BCUT2D eigenvalue weighted by Gasteiger charge is 2.26. The molecule has 1 aliphatic heterocycles. The number of likely N-dealkylation sites (tertiary alicyclic amines) is 1. The van der Waals surface area contributed by atoms with Crippen LogP contribution in [0.3, 0.4) is 0 Å². The van der Waals surface area contributed by atoms with Gasteiger partial charge in [0.2, 0.25) is 5.91 Å². The van der Waals surface area contributed by atoms with Gasteiger partial charge >= 0.3 is 0 Å². The highest BCUT2D eigenvalue weighted by molar-refractivity contribution is 7.99. The number of nitrogens with one attached hydrogen (secondary N) is 1. The van der Waals surface area contributed by atoms with Crippen LogP contribution in [0.2, 0.25) is 0 Å². The van der Waals surface area contributed by atoms with Crippen LogP contribution in [0.4, 0.5) is 0 Å². The lowest BCUT2D eigenvalue weighted by atomic mass is 10.0. The maximum atomic E-state index is 12.7. The van der Waals surface area contributed by atoms with E-state index in [-0.39, 0.29) is 17.7 Å². The third-order valence-corrected chi connectivity index (χ3v) is 6.68. The summed E-state index contributed by atoms with van der Waals surface area (Å²) >= 11 is 1.39. The molecule has 0 spiro atoms. The highest BCUT2D eigenvalue weighted by atomic mass is 32.2. The molecular weight excluding hydrogens is 422 g/mol. The van der Waals surface area contributed by atoms with Gasteiger partial charge in [0.15, 0.2) is 5.16 Å². The second-order valence-corrected chi connectivity index (χ2v) is 8.86. The SMILES string of the molecule is COc1ccccc1C(CNC(=O)CSc1nncn1-c1ccc(C)cc1)N1CCCC1. The Balaban J connectivity index is 1.38. The summed E-state index contributed by atoms with van der Waals surface area (Å²) < 4.78 is 7.49. The summed E-state index contributed by atoms with van der Waals surface area (Å²) in [6.45, 7) is 4.67. The van der Waals surface area contributed by atoms with Crippen LogP contribution < -0.4 is 10.1 Å². The number of benzene rings is 2. The normalized spacial score (nSPS) is 14.9. The van der Waals surface area contributed by atoms with Gasteiger partial charge in [-0.05, 0) is 51.1 Å². The molecule has 2 aromatic carbocycles. The monoisotopic (exact) mass is 451 g/mol. The van der Waals surface area contributed by atoms with Crippen molar-refractivity contribution in [1.29, 1.82) is 0 Å². The molecule has 0 bridgehead atoms. The minimum atomic E-state index is -0.0208. The summed E-state index contributed by atoms with van der Waals surface area (Å²) in [6, 6.07) is 16.3. The van der Waals surface area contributed by atoms with E-state index in [0.29, 0.717) is 11.7 Å². The van der Waals surface area contributed by atoms with E-state index in [4.69, 9.17) is 4.74 Å². The summed E-state index contributed by atoms with van der Waals surface area (Å²) in [4.78, 5) is 15.1. The number of hydrogen-bond acceptors (Lipinski definition) is 6. The van der Waals surface area contributed by atoms with Crippen molar-refractivity contribution in [2.24, 2.45) is 0 Å². The average Bonchev–Trinajstić information content (AvgIpc) is 3.51. The molecule has 1 aromatic heterocycles. The fraction of sp³-hybridized carbons (Fsp3) is 0.375. The number of aryl methyl sites for hydroxylation is 1. The Morgan fingerprint density at radius 1 is 1.16 bits per heavy atom. The maximum absolute atomic E-state index is 12.7. The van der Waals surface area contributed by atoms with Crippen LogP contribution in [0.25, 0.3) is 5.69 Å². The third-order valence-electron chi connectivity index (χ3n) is 5.73. The Hall–Kier alpha value is -2.84. The molecule has 4 rings (SSSR count). The van der Waals surface area contributed by atoms with Crippen LogP contribution in [0.5, 0.6) is 5.75 Å². The van der Waals surface area contributed by atoms with Gasteiger partial charge in [-0.1, -0.05) is 47.7 Å². The lowest BCUT2D eigenvalue weighted by Gasteiger charge is -2.29. The summed E-state index contributed by atoms with van der Waals surface area (Å²) in [7, 11) is 1.69. The van der Waals surface area contributed by atoms with Gasteiger partial charge in [-0.25, -0.2) is 0 Å². The minimum absolute atomic E-state index is 0.0208. The predicted molar refractivity (Wildman–Crippen MR) is 126 cm³/mol. The van der Waals surface area contributed by atoms with E-state index in [1.165, 1.54) is 30.2 Å². The van der Waals surface area contributed by atoms with Crippen LogP contribution in [0, 0.1) is 6.92 Å². The molecule has 1 aliphatic rings. The fourth-order valence-electron chi connectivity index (χ4n) is 4.03. The predicted octanol–water partition coefficient (Wildman–Crippen LogP) is 3.63. The zero-order valence-corrected chi connectivity index (χ0v) is 19.3. The number of nitrogens with zero attached hydrogens (tertiary/aromatic N) is 4. The molecule has 1 atom stereocenters. The Morgan fingerprint density at radius 3 is 2.66 bits per heavy atom. The highest BCUT2D eigenvalue weighted by Crippen LogP contribution is 2.31. The average molecular weight is 452 g/mol. The Labute approximate surface area is 193 Å². The zero-order valence-electron chi connectivity index (χ0n) is 18.5. The molecule has 1 saturated heterocycles. The molecule has 1 amide bonds. The van der Waals surface area contributed by atoms with E-state index in [2.05, 4.69) is 33.4 Å². The number of aromatic nitrogens is 3. The molecule has 3 aromatic rings. The molecule has 1 N–H and O–H groups in total. The number of methoxy groups -OCH3 is 1. The molecule has 1 unspecified atom stereocenters. The van der Waals surface area contributed by atoms with Crippen molar-refractivity contribution in [3.05, 3.63) is 66.0 Å². The van der Waals surface area contributed by atoms with Gasteiger partial charge < -0.3 is 10.1 Å². The van der Waals surface area contributed by atoms with Gasteiger partial charge in [0.05, 0.1) is 18.9 Å². The van der Waals surface area contributed by atoms with Gasteiger partial charge in [-0.3, -0.25) is 14.3 Å². The lowest BCUT2D eigenvalue weighted by Crippen LogP contribution is -2.37. The largest absolute Gasteiger partial charge is 0.496 e. The van der Waals surface area contributed by atoms with Gasteiger partial charge in [-0.2, -0.15) is 0 Å². The molecule has 8 heteroatoms. The number of rotatable bonds is 9. The lowest BCUT2D eigenvalue weighted by molar-refractivity contribution is -0.118. The van der Waals surface area contributed by atoms with E-state index in [1.54, 1.807) is 13.4 Å². The third kappa shape index (κ3) is 5.31. The minimum Gasteiger partial charge on any atom is -0.496 e. The molecule has 7 nitrogen and oxygen atoms in total. The van der Waals surface area contributed by atoms with Crippen molar-refractivity contribution in [3.8, 4) is 11.4 Å². The van der Waals surface area contributed by atoms with E-state index in [1.807, 2.05) is 47.0 Å². The second kappa shape index (κ2) is 10.7. The smallest absolute Gasteiger partial charge is 0.230 e. The van der Waals surface area contributed by atoms with E-state index < -0.39 is 0 Å². The van der Waals surface area contributed by atoms with Crippen molar-refractivity contribution >= 4 is 17.7 Å². The van der Waals surface area contributed by atoms with Gasteiger partial charge in [0.25, 0.3) is 0 Å². The molecule has 1 fully saturated rings. The van der Waals surface area contributed by atoms with Crippen LogP contribution in [-0.4, -0.2) is 58.1 Å². The van der Waals surface area contributed by atoms with Crippen LogP contribution in [0.1, 0.15) is 30.0 Å². The van der Waals surface area contributed by atoms with Crippen LogP contribution in [-0.2, 0) is 4.79 Å². The number of thioether (sulfide) groups is 1. The summed E-state index contributed by atoms with van der Waals surface area (Å²) in [5.74, 6) is 1.12. The van der Waals surface area contributed by atoms with Crippen molar-refractivity contribution in [2.45, 2.75) is 31.0 Å². The Kier molecular flexibility index (Phi) is 7.44. The van der Waals surface area contributed by atoms with Crippen molar-refractivity contribution in [1.82, 2.24) is 25.0 Å². The van der Waals surface area contributed by atoms with E-state index in [9.17, 15) is 4.79 Å². The maximum Gasteiger partial charge on any atom is 0.230 e. The standard InChI is InChI=1S/C24H29N5O2S/c1-18-9-11-19(12-10-18)29-17-26-27-24(29)32-16-23(30)25-15-21(28-13-5-6-14-28)20-7-3-4-8-22(20)31-2/h3-4,7-12,17,21H,5-6,13-16H2,1-2H3,(H,25,30). The molecular formula is C24H29N5O2S. The van der Waals surface area contributed by atoms with Crippen LogP contribution in [0.15, 0.2) is 60.0 Å². The van der Waals surface area contributed by atoms with Crippen molar-refractivity contribution in [2.75, 3.05) is 32.5 Å². The summed E-state index contributed by atoms with van der Waals surface area (Å²) in [5.41, 5.74) is 3.29. The first kappa shape index (κ1) is 22.4. The summed E-state index contributed by atoms with van der Waals surface area (Å²) in [6.07, 6.45) is 4.05. The van der Waals surface area contributed by atoms with Crippen molar-refractivity contribution < 1.29 is 9.53 Å². The molecule has 168 valence electrons. The number of para-hydroxylation sites is 1. The first-order valence-corrected chi connectivity index (χ1v) is 11.9. The van der Waals surface area contributed by atoms with Gasteiger partial charge in [-0.15, -0.1) is 10.2 Å². The molecule has 0 aliphatic carbocycles. The van der Waals surface area contributed by atoms with Gasteiger partial charge in [0.1, 0.15) is 12.1 Å². The Bertz CT molecular complexity index is 1030. The first-order chi connectivity index (χ1) is 15.7. The number of amides is 1. The number of ether oxygens (including phenoxy) is 1. The molecule has 2 heterocycles. The Morgan fingerprint density at radius 2 is 1.91 bits per heavy atom. The first-order valence-electron chi connectivity index (χ1n) is 10.9. The number of hydrogen-bond donors (Lipinski definition) is 1. The summed E-state index contributed by atoms with van der Waals surface area (Å²) in [5, 5.41) is 12.0. The number of carbonyl (C=O) groups excluding carboxylic acids is 1. The quantitative estimate of drug-likeness (QED) is 0.501.